The molecule has 74 valence electrons. The van der Waals surface area contributed by atoms with Crippen LogP contribution in [0.5, 0.6) is 0 Å². The third-order valence-electron chi connectivity index (χ3n) is 2.50. The molecule has 0 spiro atoms. The number of nitrogens with zero attached hydrogens (tertiary/aromatic N) is 2. The van der Waals surface area contributed by atoms with E-state index in [4.69, 9.17) is 0 Å². The number of rotatable bonds is 4. The van der Waals surface area contributed by atoms with E-state index in [1.807, 2.05) is 0 Å². The zero-order valence-electron chi connectivity index (χ0n) is 8.27. The van der Waals surface area contributed by atoms with Crippen molar-refractivity contribution < 1.29 is 9.72 Å². The van der Waals surface area contributed by atoms with Crippen LogP contribution in [-0.2, 0) is 4.79 Å². The number of aliphatic imine (C=N–C) groups is 1. The highest BCUT2D eigenvalue weighted by Crippen LogP contribution is 2.24. The Kier molecular flexibility index (Phi) is 3.75. The molecular weight excluding hydrogens is 172 g/mol. The van der Waals surface area contributed by atoms with Crippen LogP contribution in [0.3, 0.4) is 0 Å². The molecule has 5 nitrogen and oxygen atoms in total. The molecule has 0 aromatic rings. The summed E-state index contributed by atoms with van der Waals surface area (Å²) in [4.78, 5) is 23.7. The lowest BCUT2D eigenvalue weighted by Gasteiger charge is -2.26. The molecule has 0 aromatic heterocycles. The summed E-state index contributed by atoms with van der Waals surface area (Å²) >= 11 is 0. The molecule has 0 aromatic carbocycles. The van der Waals surface area contributed by atoms with Gasteiger partial charge < -0.3 is 0 Å². The van der Waals surface area contributed by atoms with Gasteiger partial charge >= 0.3 is 0 Å². The van der Waals surface area contributed by atoms with Crippen molar-refractivity contribution in [3.05, 3.63) is 10.1 Å². The highest BCUT2D eigenvalue weighted by atomic mass is 16.6. The Balaban J connectivity index is 4.66. The number of hydrogen-bond acceptors (Lipinski definition) is 4. The van der Waals surface area contributed by atoms with Gasteiger partial charge in [0, 0.05) is 17.8 Å². The third-order valence-corrected chi connectivity index (χ3v) is 2.50. The number of carbonyl (C=O) groups excluding carboxylic acids is 1. The van der Waals surface area contributed by atoms with Crippen molar-refractivity contribution in [3.63, 3.8) is 0 Å². The number of nitro groups is 1. The quantitative estimate of drug-likeness (QED) is 0.288. The molecule has 0 saturated carbocycles. The van der Waals surface area contributed by atoms with Gasteiger partial charge in [-0.15, -0.1) is 0 Å². The second-order valence-corrected chi connectivity index (χ2v) is 3.67. The van der Waals surface area contributed by atoms with Crippen LogP contribution in [0.2, 0.25) is 0 Å². The van der Waals surface area contributed by atoms with Gasteiger partial charge in [0.15, 0.2) is 0 Å². The molecular formula is C8H14N2O3. The fourth-order valence-electron chi connectivity index (χ4n) is 0.992. The van der Waals surface area contributed by atoms with Gasteiger partial charge in [-0.2, -0.15) is 4.99 Å². The molecule has 2 atom stereocenters. The van der Waals surface area contributed by atoms with E-state index in [0.29, 0.717) is 0 Å². The van der Waals surface area contributed by atoms with E-state index in [9.17, 15) is 14.9 Å². The van der Waals surface area contributed by atoms with Gasteiger partial charge in [-0.3, -0.25) is 10.1 Å². The number of isocyanates is 1. The minimum atomic E-state index is -0.728. The summed E-state index contributed by atoms with van der Waals surface area (Å²) in [5.74, 6) is -0.302. The van der Waals surface area contributed by atoms with Crippen LogP contribution in [0.1, 0.15) is 27.7 Å². The molecule has 0 aliphatic rings. The van der Waals surface area contributed by atoms with Crippen LogP contribution < -0.4 is 0 Å². The van der Waals surface area contributed by atoms with E-state index in [2.05, 4.69) is 4.99 Å². The molecule has 13 heavy (non-hydrogen) atoms. The van der Waals surface area contributed by atoms with Crippen molar-refractivity contribution in [1.29, 1.82) is 0 Å². The van der Waals surface area contributed by atoms with E-state index in [0.717, 1.165) is 0 Å². The Morgan fingerprint density at radius 2 is 1.92 bits per heavy atom. The highest BCUT2D eigenvalue weighted by Gasteiger charge is 2.35. The van der Waals surface area contributed by atoms with Gasteiger partial charge in [0.05, 0.1) is 5.54 Å². The predicted molar refractivity (Wildman–Crippen MR) is 47.8 cm³/mol. The Hall–Kier alpha value is -1.22. The summed E-state index contributed by atoms with van der Waals surface area (Å²) in [5.41, 5.74) is -0.728. The second kappa shape index (κ2) is 4.14. The summed E-state index contributed by atoms with van der Waals surface area (Å²) in [6.07, 6.45) is 1.44. The lowest BCUT2D eigenvalue weighted by atomic mass is 9.85. The third kappa shape index (κ3) is 2.95. The van der Waals surface area contributed by atoms with E-state index in [1.165, 1.54) is 13.0 Å². The Morgan fingerprint density at radius 3 is 2.23 bits per heavy atom. The Morgan fingerprint density at radius 1 is 1.46 bits per heavy atom. The van der Waals surface area contributed by atoms with Crippen LogP contribution in [-0.4, -0.2) is 22.6 Å². The highest BCUT2D eigenvalue weighted by molar-refractivity contribution is 5.34. The molecule has 5 heteroatoms. The van der Waals surface area contributed by atoms with Crippen LogP contribution in [0.4, 0.5) is 0 Å². The molecule has 0 aliphatic heterocycles. The van der Waals surface area contributed by atoms with Crippen molar-refractivity contribution in [1.82, 2.24) is 0 Å². The summed E-state index contributed by atoms with van der Waals surface area (Å²) in [6.45, 7) is 6.58. The SMILES string of the molecule is CC(C(C)C(C)(C)N=C=O)[N+](=O)[O-]. The van der Waals surface area contributed by atoms with E-state index in [-0.39, 0.29) is 10.8 Å². The topological polar surface area (TPSA) is 72.6 Å². The lowest BCUT2D eigenvalue weighted by molar-refractivity contribution is -0.528. The first-order chi connectivity index (χ1) is 5.83. The van der Waals surface area contributed by atoms with Crippen LogP contribution in [0, 0.1) is 16.0 Å². The van der Waals surface area contributed by atoms with E-state index < -0.39 is 11.6 Å². The van der Waals surface area contributed by atoms with Crippen molar-refractivity contribution >= 4 is 6.08 Å². The maximum atomic E-state index is 10.5. The van der Waals surface area contributed by atoms with Crippen molar-refractivity contribution in [2.24, 2.45) is 10.9 Å². The molecule has 0 saturated heterocycles. The van der Waals surface area contributed by atoms with Crippen LogP contribution in [0.25, 0.3) is 0 Å². The lowest BCUT2D eigenvalue weighted by Crippen LogP contribution is -2.38. The molecule has 0 bridgehead atoms. The first kappa shape index (κ1) is 11.8. The molecule has 2 unspecified atom stereocenters. The largest absolute Gasteiger partial charge is 0.264 e. The Bertz CT molecular complexity index is 244. The summed E-state index contributed by atoms with van der Waals surface area (Å²) in [5, 5.41) is 10.5. The fraction of sp³-hybridized carbons (Fsp3) is 0.875. The fourth-order valence-corrected chi connectivity index (χ4v) is 0.992. The zero-order valence-corrected chi connectivity index (χ0v) is 8.27. The van der Waals surface area contributed by atoms with Crippen molar-refractivity contribution in [2.45, 2.75) is 39.3 Å². The zero-order chi connectivity index (χ0) is 10.6. The van der Waals surface area contributed by atoms with Crippen molar-refractivity contribution in [3.8, 4) is 0 Å². The van der Waals surface area contributed by atoms with E-state index >= 15 is 0 Å². The molecule has 0 amide bonds. The molecule has 0 N–H and O–H groups in total. The first-order valence-corrected chi connectivity index (χ1v) is 4.05. The molecule has 0 aliphatic carbocycles. The smallest absolute Gasteiger partial charge is 0.235 e. The van der Waals surface area contributed by atoms with Gasteiger partial charge in [0.1, 0.15) is 0 Å². The maximum absolute atomic E-state index is 10.5. The second-order valence-electron chi connectivity index (χ2n) is 3.67. The van der Waals surface area contributed by atoms with Gasteiger partial charge in [-0.1, -0.05) is 6.92 Å². The number of hydrogen-bond donors (Lipinski definition) is 0. The summed E-state index contributed by atoms with van der Waals surface area (Å²) < 4.78 is 0. The monoisotopic (exact) mass is 186 g/mol. The standard InChI is InChI=1S/C8H14N2O3/c1-6(7(2)10(12)13)8(3,4)9-5-11/h6-7H,1-4H3. The van der Waals surface area contributed by atoms with E-state index in [1.54, 1.807) is 20.8 Å². The molecule has 0 heterocycles. The molecule has 0 fully saturated rings. The van der Waals surface area contributed by atoms with Gasteiger partial charge in [-0.25, -0.2) is 4.79 Å². The molecule has 0 radical (unpaired) electrons. The predicted octanol–water partition coefficient (Wildman–Crippen LogP) is 1.40. The summed E-state index contributed by atoms with van der Waals surface area (Å²) in [6, 6.07) is -0.716. The van der Waals surface area contributed by atoms with Gasteiger partial charge in [-0.05, 0) is 13.8 Å². The van der Waals surface area contributed by atoms with Gasteiger partial charge in [0.2, 0.25) is 12.1 Å². The normalized spacial score (nSPS) is 15.7. The van der Waals surface area contributed by atoms with Crippen LogP contribution >= 0.6 is 0 Å². The molecule has 0 rings (SSSR count). The minimum Gasteiger partial charge on any atom is -0.264 e. The average Bonchev–Trinajstić information content (AvgIpc) is 2.01. The average molecular weight is 186 g/mol. The Labute approximate surface area is 77.0 Å². The van der Waals surface area contributed by atoms with Gasteiger partial charge in [0.25, 0.3) is 0 Å². The minimum absolute atomic E-state index is 0.302. The summed E-state index contributed by atoms with van der Waals surface area (Å²) in [7, 11) is 0. The van der Waals surface area contributed by atoms with Crippen molar-refractivity contribution in [2.75, 3.05) is 0 Å². The van der Waals surface area contributed by atoms with Crippen LogP contribution in [0.15, 0.2) is 4.99 Å². The maximum Gasteiger partial charge on any atom is 0.235 e. The first-order valence-electron chi connectivity index (χ1n) is 4.05.